The summed E-state index contributed by atoms with van der Waals surface area (Å²) in [5.74, 6) is 1.70. The van der Waals surface area contributed by atoms with Crippen molar-refractivity contribution < 1.29 is 18.9 Å². The van der Waals surface area contributed by atoms with Crippen LogP contribution in [0.15, 0.2) is 0 Å². The van der Waals surface area contributed by atoms with Crippen LogP contribution in [0.1, 0.15) is 32.6 Å². The molecule has 0 heterocycles. The molecule has 0 saturated heterocycles. The zero-order chi connectivity index (χ0) is 4.41. The molecule has 0 bridgehead atoms. The number of rotatable bonds is 0. The topological polar surface area (TPSA) is 0 Å². The van der Waals surface area contributed by atoms with E-state index in [1.165, 1.54) is 25.7 Å². The van der Waals surface area contributed by atoms with Gasteiger partial charge >= 0.3 is 18.9 Å². The van der Waals surface area contributed by atoms with Crippen LogP contribution in [-0.4, -0.2) is 0 Å². The third-order valence-corrected chi connectivity index (χ3v) is 1.46. The fourth-order valence-corrected chi connectivity index (χ4v) is 0.979. The first kappa shape index (κ1) is 7.60. The Hall–Kier alpha value is 0.597. The van der Waals surface area contributed by atoms with Gasteiger partial charge in [-0.1, -0.05) is 12.8 Å². The Bertz CT molecular complexity index is 37.4. The van der Waals surface area contributed by atoms with Crippen LogP contribution >= 0.6 is 0 Å². The molecular weight excluding hydrogens is 79.0 g/mol. The maximum atomic E-state index is 2.26. The Kier molecular flexibility index (Phi) is 3.89. The van der Waals surface area contributed by atoms with E-state index in [0.29, 0.717) is 0 Å². The Morgan fingerprint density at radius 1 is 1.14 bits per heavy atom. The monoisotopic (exact) mass is 90.1 g/mol. The van der Waals surface area contributed by atoms with Gasteiger partial charge in [-0.05, 0) is 0 Å². The van der Waals surface area contributed by atoms with Gasteiger partial charge in [0.2, 0.25) is 0 Å². The van der Waals surface area contributed by atoms with Crippen LogP contribution in [0, 0.1) is 5.92 Å². The van der Waals surface area contributed by atoms with Gasteiger partial charge in [-0.15, -0.1) is 0 Å². The van der Waals surface area contributed by atoms with Gasteiger partial charge < -0.3 is 5.92 Å². The van der Waals surface area contributed by atoms with E-state index in [2.05, 4.69) is 6.92 Å². The molecule has 7 heavy (non-hydrogen) atoms. The summed E-state index contributed by atoms with van der Waals surface area (Å²) in [5, 5.41) is 0. The molecule has 0 amide bonds. The quantitative estimate of drug-likeness (QED) is 0.269. The first-order chi connectivity index (χ1) is 2.89. The summed E-state index contributed by atoms with van der Waals surface area (Å²) in [4.78, 5) is 0. The van der Waals surface area contributed by atoms with Crippen molar-refractivity contribution in [3.8, 4) is 0 Å². The Balaban J connectivity index is 0.000000360. The Morgan fingerprint density at radius 2 is 1.57 bits per heavy atom. The fourth-order valence-electron chi connectivity index (χ4n) is 0.979. The molecule has 1 aliphatic carbocycles. The minimum absolute atomic E-state index is 0. The van der Waals surface area contributed by atoms with E-state index in [9.17, 15) is 0 Å². The molecule has 0 N–H and O–H groups in total. The van der Waals surface area contributed by atoms with E-state index in [4.69, 9.17) is 0 Å². The summed E-state index contributed by atoms with van der Waals surface area (Å²) < 4.78 is 0. The molecule has 0 atom stereocenters. The normalized spacial score (nSPS) is 21.9. The molecule has 0 spiro atoms. The SMILES string of the molecule is C[C-]1CCCC1.[Li+]. The van der Waals surface area contributed by atoms with Crippen molar-refractivity contribution >= 4 is 0 Å². The molecule has 0 aromatic rings. The Morgan fingerprint density at radius 3 is 1.71 bits per heavy atom. The standard InChI is InChI=1S/C6H11.Li/c1-6-4-2-3-5-6;/h2-5H2,1H3;/q-1;+1. The summed E-state index contributed by atoms with van der Waals surface area (Å²) in [6, 6.07) is 0. The molecule has 1 heteroatoms. The molecule has 0 aliphatic heterocycles. The van der Waals surface area contributed by atoms with Gasteiger partial charge in [0.1, 0.15) is 0 Å². The third kappa shape index (κ3) is 2.42. The fraction of sp³-hybridized carbons (Fsp3) is 0.833. The van der Waals surface area contributed by atoms with Gasteiger partial charge in [-0.2, -0.15) is 19.8 Å². The molecule has 0 nitrogen and oxygen atoms in total. The van der Waals surface area contributed by atoms with E-state index in [1.807, 2.05) is 0 Å². The molecule has 0 radical (unpaired) electrons. The van der Waals surface area contributed by atoms with Crippen molar-refractivity contribution in [1.82, 2.24) is 0 Å². The summed E-state index contributed by atoms with van der Waals surface area (Å²) in [6.07, 6.45) is 5.71. The van der Waals surface area contributed by atoms with Crippen LogP contribution in [0.2, 0.25) is 0 Å². The second-order valence-corrected chi connectivity index (χ2v) is 2.16. The summed E-state index contributed by atoms with van der Waals surface area (Å²) >= 11 is 0. The molecule has 0 aromatic heterocycles. The van der Waals surface area contributed by atoms with Crippen molar-refractivity contribution in [2.45, 2.75) is 32.6 Å². The van der Waals surface area contributed by atoms with Gasteiger partial charge in [0.05, 0.1) is 0 Å². The van der Waals surface area contributed by atoms with Gasteiger partial charge in [0.15, 0.2) is 0 Å². The number of hydrogen-bond acceptors (Lipinski definition) is 0. The van der Waals surface area contributed by atoms with Crippen LogP contribution in [0.4, 0.5) is 0 Å². The van der Waals surface area contributed by atoms with Crippen LogP contribution in [-0.2, 0) is 0 Å². The number of hydrogen-bond donors (Lipinski definition) is 0. The van der Waals surface area contributed by atoms with E-state index in [1.54, 1.807) is 5.92 Å². The van der Waals surface area contributed by atoms with Crippen molar-refractivity contribution in [1.29, 1.82) is 0 Å². The van der Waals surface area contributed by atoms with Gasteiger partial charge in [-0.25, -0.2) is 0 Å². The van der Waals surface area contributed by atoms with Gasteiger partial charge in [0.25, 0.3) is 0 Å². The van der Waals surface area contributed by atoms with Crippen LogP contribution < -0.4 is 18.9 Å². The van der Waals surface area contributed by atoms with E-state index < -0.39 is 0 Å². The van der Waals surface area contributed by atoms with E-state index >= 15 is 0 Å². The predicted molar refractivity (Wildman–Crippen MR) is 27.4 cm³/mol. The Labute approximate surface area is 57.9 Å². The van der Waals surface area contributed by atoms with Crippen LogP contribution in [0.25, 0.3) is 0 Å². The second kappa shape index (κ2) is 3.58. The smallest absolute Gasteiger partial charge is 0.317 e. The molecule has 1 aliphatic rings. The summed E-state index contributed by atoms with van der Waals surface area (Å²) in [6.45, 7) is 2.26. The molecular formula is C6H11Li. The van der Waals surface area contributed by atoms with Crippen LogP contribution in [0.3, 0.4) is 0 Å². The minimum Gasteiger partial charge on any atom is -0.317 e. The second-order valence-electron chi connectivity index (χ2n) is 2.16. The molecule has 0 unspecified atom stereocenters. The van der Waals surface area contributed by atoms with Gasteiger partial charge in [-0.3, -0.25) is 0 Å². The van der Waals surface area contributed by atoms with Crippen LogP contribution in [0.5, 0.6) is 0 Å². The third-order valence-electron chi connectivity index (χ3n) is 1.46. The maximum Gasteiger partial charge on any atom is 1.00 e. The van der Waals surface area contributed by atoms with Crippen molar-refractivity contribution in [2.24, 2.45) is 0 Å². The first-order valence-corrected chi connectivity index (χ1v) is 2.71. The summed E-state index contributed by atoms with van der Waals surface area (Å²) in [7, 11) is 0. The van der Waals surface area contributed by atoms with Crippen molar-refractivity contribution in [2.75, 3.05) is 0 Å². The first-order valence-electron chi connectivity index (χ1n) is 2.71. The molecule has 1 rings (SSSR count). The minimum atomic E-state index is 0. The zero-order valence-corrected chi connectivity index (χ0v) is 5.33. The zero-order valence-electron chi connectivity index (χ0n) is 5.33. The maximum absolute atomic E-state index is 2.26. The largest absolute Gasteiger partial charge is 1.00 e. The predicted octanol–water partition coefficient (Wildman–Crippen LogP) is -0.841. The van der Waals surface area contributed by atoms with E-state index in [0.717, 1.165) is 0 Å². The molecule has 1 fully saturated rings. The molecule has 1 saturated carbocycles. The van der Waals surface area contributed by atoms with Crippen molar-refractivity contribution in [3.05, 3.63) is 5.92 Å². The summed E-state index contributed by atoms with van der Waals surface area (Å²) in [5.41, 5.74) is 0. The molecule has 36 valence electrons. The van der Waals surface area contributed by atoms with Gasteiger partial charge in [0, 0.05) is 0 Å². The van der Waals surface area contributed by atoms with E-state index in [-0.39, 0.29) is 18.9 Å². The van der Waals surface area contributed by atoms with Crippen molar-refractivity contribution in [3.63, 3.8) is 0 Å². The average Bonchev–Trinajstić information content (AvgIpc) is 1.86. The average molecular weight is 90.1 g/mol. The molecule has 0 aromatic carbocycles.